The minimum Gasteiger partial charge on any atom is -0.494 e. The van der Waals surface area contributed by atoms with Gasteiger partial charge in [-0.05, 0) is 73.5 Å². The summed E-state index contributed by atoms with van der Waals surface area (Å²) in [5, 5.41) is 2.84. The molecule has 0 heterocycles. The molecule has 5 heteroatoms. The van der Waals surface area contributed by atoms with E-state index in [0.717, 1.165) is 35.4 Å². The Labute approximate surface area is 188 Å². The summed E-state index contributed by atoms with van der Waals surface area (Å²) >= 11 is 0. The number of ether oxygens (including phenoxy) is 2. The number of amides is 1. The summed E-state index contributed by atoms with van der Waals surface area (Å²) in [6.07, 6.45) is 5.16. The summed E-state index contributed by atoms with van der Waals surface area (Å²) in [7, 11) is 0. The summed E-state index contributed by atoms with van der Waals surface area (Å²) in [6, 6.07) is 21.5. The van der Waals surface area contributed by atoms with Gasteiger partial charge in [0.2, 0.25) is 0 Å². The van der Waals surface area contributed by atoms with Crippen molar-refractivity contribution in [1.29, 1.82) is 0 Å². The third-order valence-corrected chi connectivity index (χ3v) is 4.70. The van der Waals surface area contributed by atoms with Gasteiger partial charge in [0.15, 0.2) is 0 Å². The first-order chi connectivity index (χ1) is 15.5. The maximum atomic E-state index is 12.4. The van der Waals surface area contributed by atoms with Crippen molar-refractivity contribution in [2.75, 3.05) is 11.9 Å². The number of nitrogens with one attached hydrogen (secondary N) is 1. The Kier molecular flexibility index (Phi) is 8.21. The van der Waals surface area contributed by atoms with Crippen molar-refractivity contribution >= 4 is 23.6 Å². The van der Waals surface area contributed by atoms with Crippen LogP contribution in [0.2, 0.25) is 0 Å². The van der Waals surface area contributed by atoms with Crippen LogP contribution in [-0.4, -0.2) is 18.5 Å². The molecular formula is C27H27NO4. The molecule has 0 bridgehead atoms. The van der Waals surface area contributed by atoms with E-state index >= 15 is 0 Å². The predicted molar refractivity (Wildman–Crippen MR) is 127 cm³/mol. The molecule has 0 aliphatic carbocycles. The normalized spacial score (nSPS) is 10.7. The number of benzene rings is 3. The largest absolute Gasteiger partial charge is 0.494 e. The second kappa shape index (κ2) is 11.5. The molecule has 3 aromatic carbocycles. The molecule has 1 amide bonds. The van der Waals surface area contributed by atoms with Crippen molar-refractivity contribution < 1.29 is 19.1 Å². The van der Waals surface area contributed by atoms with E-state index in [0.29, 0.717) is 17.9 Å². The molecule has 0 saturated heterocycles. The second-order valence-electron chi connectivity index (χ2n) is 7.37. The molecule has 0 unspecified atom stereocenters. The fourth-order valence-corrected chi connectivity index (χ4v) is 2.84. The number of anilines is 1. The first-order valence-corrected chi connectivity index (χ1v) is 10.6. The average Bonchev–Trinajstić information content (AvgIpc) is 2.81. The number of carbonyl (C=O) groups excluding carboxylic acids is 2. The van der Waals surface area contributed by atoms with Crippen LogP contribution in [0.3, 0.4) is 0 Å². The van der Waals surface area contributed by atoms with E-state index in [1.54, 1.807) is 30.3 Å². The molecule has 0 aliphatic heterocycles. The van der Waals surface area contributed by atoms with Gasteiger partial charge >= 0.3 is 5.97 Å². The van der Waals surface area contributed by atoms with Crippen molar-refractivity contribution in [3.05, 3.63) is 95.6 Å². The van der Waals surface area contributed by atoms with E-state index < -0.39 is 5.97 Å². The van der Waals surface area contributed by atoms with Gasteiger partial charge < -0.3 is 14.8 Å². The van der Waals surface area contributed by atoms with Gasteiger partial charge in [-0.25, -0.2) is 4.79 Å². The Balaban J connectivity index is 1.50. The van der Waals surface area contributed by atoms with E-state index in [1.807, 2.05) is 55.5 Å². The number of carbonyl (C=O) groups is 2. The molecule has 1 N–H and O–H groups in total. The highest BCUT2D eigenvalue weighted by Gasteiger charge is 2.07. The number of esters is 1. The van der Waals surface area contributed by atoms with E-state index in [4.69, 9.17) is 9.47 Å². The summed E-state index contributed by atoms with van der Waals surface area (Å²) in [5.41, 5.74) is 3.19. The van der Waals surface area contributed by atoms with Crippen LogP contribution in [0, 0.1) is 6.92 Å². The summed E-state index contributed by atoms with van der Waals surface area (Å²) in [6.45, 7) is 4.81. The van der Waals surface area contributed by atoms with Gasteiger partial charge in [0.05, 0.1) is 6.61 Å². The number of aryl methyl sites for hydroxylation is 1. The highest BCUT2D eigenvalue weighted by atomic mass is 16.5. The van der Waals surface area contributed by atoms with E-state index in [9.17, 15) is 9.59 Å². The van der Waals surface area contributed by atoms with E-state index in [2.05, 4.69) is 12.2 Å². The van der Waals surface area contributed by atoms with Gasteiger partial charge in [-0.1, -0.05) is 43.2 Å². The standard InChI is InChI=1S/C27H27NO4/c1-3-4-19-31-24-14-7-21(8-15-24)9-18-26(29)32-25-16-10-22(11-17-25)27(30)28-23-12-5-20(2)6-13-23/h5-18H,3-4,19H2,1-2H3,(H,28,30)/b18-9+. The lowest BCUT2D eigenvalue weighted by molar-refractivity contribution is -0.128. The maximum Gasteiger partial charge on any atom is 0.336 e. The molecule has 32 heavy (non-hydrogen) atoms. The summed E-state index contributed by atoms with van der Waals surface area (Å²) < 4.78 is 10.9. The van der Waals surface area contributed by atoms with Gasteiger partial charge in [0, 0.05) is 17.3 Å². The van der Waals surface area contributed by atoms with Crippen LogP contribution < -0.4 is 14.8 Å². The minimum atomic E-state index is -0.495. The van der Waals surface area contributed by atoms with Crippen LogP contribution in [0.5, 0.6) is 11.5 Å². The van der Waals surface area contributed by atoms with Crippen LogP contribution >= 0.6 is 0 Å². The number of unbranched alkanes of at least 4 members (excludes halogenated alkanes) is 1. The first-order valence-electron chi connectivity index (χ1n) is 10.6. The van der Waals surface area contributed by atoms with Crippen molar-refractivity contribution in [3.8, 4) is 11.5 Å². The minimum absolute atomic E-state index is 0.228. The van der Waals surface area contributed by atoms with Crippen LogP contribution in [-0.2, 0) is 4.79 Å². The molecule has 164 valence electrons. The predicted octanol–water partition coefficient (Wildman–Crippen LogP) is 6.05. The van der Waals surface area contributed by atoms with Crippen LogP contribution in [0.1, 0.15) is 41.3 Å². The van der Waals surface area contributed by atoms with E-state index in [1.165, 1.54) is 6.08 Å². The highest BCUT2D eigenvalue weighted by molar-refractivity contribution is 6.04. The second-order valence-corrected chi connectivity index (χ2v) is 7.37. The SMILES string of the molecule is CCCCOc1ccc(/C=C/C(=O)Oc2ccc(C(=O)Nc3ccc(C)cc3)cc2)cc1. The first kappa shape index (κ1) is 22.8. The molecule has 5 nitrogen and oxygen atoms in total. The lowest BCUT2D eigenvalue weighted by Gasteiger charge is -2.07. The average molecular weight is 430 g/mol. The summed E-state index contributed by atoms with van der Waals surface area (Å²) in [4.78, 5) is 24.5. The molecule has 0 spiro atoms. The fraction of sp³-hybridized carbons (Fsp3) is 0.185. The van der Waals surface area contributed by atoms with Gasteiger partial charge in [-0.15, -0.1) is 0 Å². The van der Waals surface area contributed by atoms with Crippen molar-refractivity contribution in [3.63, 3.8) is 0 Å². The Morgan fingerprint density at radius 1 is 0.875 bits per heavy atom. The molecule has 0 saturated carbocycles. The van der Waals surface area contributed by atoms with Gasteiger partial charge in [0.1, 0.15) is 11.5 Å². The van der Waals surface area contributed by atoms with Crippen LogP contribution in [0.25, 0.3) is 6.08 Å². The van der Waals surface area contributed by atoms with Crippen molar-refractivity contribution in [1.82, 2.24) is 0 Å². The third kappa shape index (κ3) is 7.13. The lowest BCUT2D eigenvalue weighted by atomic mass is 10.2. The number of hydrogen-bond acceptors (Lipinski definition) is 4. The van der Waals surface area contributed by atoms with Crippen LogP contribution in [0.4, 0.5) is 5.69 Å². The number of hydrogen-bond donors (Lipinski definition) is 1. The smallest absolute Gasteiger partial charge is 0.336 e. The fourth-order valence-electron chi connectivity index (χ4n) is 2.84. The third-order valence-electron chi connectivity index (χ3n) is 4.70. The summed E-state index contributed by atoms with van der Waals surface area (Å²) in [5.74, 6) is 0.453. The molecule has 0 fully saturated rings. The van der Waals surface area contributed by atoms with E-state index in [-0.39, 0.29) is 5.91 Å². The Bertz CT molecular complexity index is 1050. The topological polar surface area (TPSA) is 64.6 Å². The van der Waals surface area contributed by atoms with Crippen molar-refractivity contribution in [2.45, 2.75) is 26.7 Å². The van der Waals surface area contributed by atoms with Crippen LogP contribution in [0.15, 0.2) is 78.9 Å². The van der Waals surface area contributed by atoms with Crippen molar-refractivity contribution in [2.24, 2.45) is 0 Å². The van der Waals surface area contributed by atoms with Gasteiger partial charge in [-0.2, -0.15) is 0 Å². The molecular weight excluding hydrogens is 402 g/mol. The molecule has 0 radical (unpaired) electrons. The monoisotopic (exact) mass is 429 g/mol. The number of rotatable bonds is 9. The zero-order chi connectivity index (χ0) is 22.8. The molecule has 0 atom stereocenters. The quantitative estimate of drug-likeness (QED) is 0.195. The zero-order valence-corrected chi connectivity index (χ0v) is 18.3. The Hall–Kier alpha value is -3.86. The Morgan fingerprint density at radius 3 is 2.19 bits per heavy atom. The maximum absolute atomic E-state index is 12.4. The molecule has 3 aromatic rings. The molecule has 0 aliphatic rings. The van der Waals surface area contributed by atoms with Gasteiger partial charge in [-0.3, -0.25) is 4.79 Å². The Morgan fingerprint density at radius 2 is 1.53 bits per heavy atom. The highest BCUT2D eigenvalue weighted by Crippen LogP contribution is 2.16. The van der Waals surface area contributed by atoms with Gasteiger partial charge in [0.25, 0.3) is 5.91 Å². The molecule has 3 rings (SSSR count). The lowest BCUT2D eigenvalue weighted by Crippen LogP contribution is -2.12. The zero-order valence-electron chi connectivity index (χ0n) is 18.3. The molecule has 0 aromatic heterocycles.